The van der Waals surface area contributed by atoms with Gasteiger partial charge in [0.05, 0.1) is 5.56 Å². The molecule has 1 amide bonds. The van der Waals surface area contributed by atoms with Gasteiger partial charge in [-0.15, -0.1) is 0 Å². The van der Waals surface area contributed by atoms with Gasteiger partial charge >= 0.3 is 0 Å². The van der Waals surface area contributed by atoms with Crippen molar-refractivity contribution in [1.29, 1.82) is 0 Å². The fourth-order valence-corrected chi connectivity index (χ4v) is 2.24. The van der Waals surface area contributed by atoms with Crippen LogP contribution in [-0.4, -0.2) is 39.0 Å². The molecule has 19 heavy (non-hydrogen) atoms. The van der Waals surface area contributed by atoms with Crippen LogP contribution >= 0.6 is 0 Å². The molecule has 98 valence electrons. The molecule has 0 saturated carbocycles. The van der Waals surface area contributed by atoms with Gasteiger partial charge in [-0.3, -0.25) is 9.59 Å². The quantitative estimate of drug-likeness (QED) is 0.843. The minimum absolute atomic E-state index is 0.0951. The molecule has 0 bridgehead atoms. The van der Waals surface area contributed by atoms with Crippen molar-refractivity contribution in [3.63, 3.8) is 0 Å². The number of hydrogen-bond donors (Lipinski definition) is 1. The highest BCUT2D eigenvalue weighted by atomic mass is 16.5. The van der Waals surface area contributed by atoms with E-state index in [0.29, 0.717) is 24.5 Å². The first-order chi connectivity index (χ1) is 9.24. The number of aromatic amines is 1. The fraction of sp³-hybridized carbons (Fsp3) is 0.333. The van der Waals surface area contributed by atoms with Crippen molar-refractivity contribution >= 4 is 5.91 Å². The molecule has 1 N–H and O–H groups in total. The van der Waals surface area contributed by atoms with E-state index in [1.807, 2.05) is 0 Å². The Hall–Kier alpha value is -2.44. The molecular formula is C12H12N4O3. The van der Waals surface area contributed by atoms with Crippen LogP contribution in [0, 0.1) is 0 Å². The molecule has 0 aromatic carbocycles. The Bertz CT molecular complexity index is 614. The predicted molar refractivity (Wildman–Crippen MR) is 64.6 cm³/mol. The standard InChI is InChI=1S/C12H12N4O3/c17-10-2-1-8(5-13-10)12(18)16-4-3-9(6-16)11-14-7-19-15-11/h1-2,5,7,9H,3-4,6H2,(H,13,17)/t9-/m0/s1. The number of likely N-dealkylation sites (tertiary alicyclic amines) is 1. The molecule has 7 nitrogen and oxygen atoms in total. The Morgan fingerprint density at radius 1 is 1.47 bits per heavy atom. The largest absolute Gasteiger partial charge is 0.343 e. The molecule has 2 aromatic heterocycles. The minimum Gasteiger partial charge on any atom is -0.343 e. The number of aromatic nitrogens is 3. The molecule has 3 heterocycles. The van der Waals surface area contributed by atoms with Crippen LogP contribution in [0.1, 0.15) is 28.5 Å². The van der Waals surface area contributed by atoms with Gasteiger partial charge in [0.15, 0.2) is 5.82 Å². The maximum atomic E-state index is 12.2. The zero-order chi connectivity index (χ0) is 13.2. The number of pyridine rings is 1. The zero-order valence-electron chi connectivity index (χ0n) is 10.1. The lowest BCUT2D eigenvalue weighted by Crippen LogP contribution is -2.29. The molecular weight excluding hydrogens is 248 g/mol. The van der Waals surface area contributed by atoms with Crippen molar-refractivity contribution in [3.8, 4) is 0 Å². The molecule has 1 atom stereocenters. The van der Waals surface area contributed by atoms with Crippen LogP contribution in [0.4, 0.5) is 0 Å². The summed E-state index contributed by atoms with van der Waals surface area (Å²) in [6, 6.07) is 2.88. The van der Waals surface area contributed by atoms with Crippen molar-refractivity contribution in [3.05, 3.63) is 46.5 Å². The molecule has 1 saturated heterocycles. The van der Waals surface area contributed by atoms with Gasteiger partial charge in [-0.05, 0) is 12.5 Å². The molecule has 0 spiro atoms. The SMILES string of the molecule is O=C(c1ccc(=O)[nH]c1)N1CC[C@H](c2ncon2)C1. The summed E-state index contributed by atoms with van der Waals surface area (Å²) in [5.41, 5.74) is 0.260. The summed E-state index contributed by atoms with van der Waals surface area (Å²) < 4.78 is 4.72. The lowest BCUT2D eigenvalue weighted by molar-refractivity contribution is 0.0790. The van der Waals surface area contributed by atoms with Crippen LogP contribution in [-0.2, 0) is 0 Å². The number of H-pyrrole nitrogens is 1. The van der Waals surface area contributed by atoms with Crippen LogP contribution in [0.3, 0.4) is 0 Å². The van der Waals surface area contributed by atoms with Gasteiger partial charge in [0.2, 0.25) is 12.0 Å². The molecule has 1 aliphatic rings. The highest BCUT2D eigenvalue weighted by Gasteiger charge is 2.30. The summed E-state index contributed by atoms with van der Waals surface area (Å²) in [5, 5.41) is 3.80. The third-order valence-electron chi connectivity index (χ3n) is 3.25. The number of hydrogen-bond acceptors (Lipinski definition) is 5. The lowest BCUT2D eigenvalue weighted by atomic mass is 10.1. The first-order valence-electron chi connectivity index (χ1n) is 5.98. The monoisotopic (exact) mass is 260 g/mol. The molecule has 3 rings (SSSR count). The van der Waals surface area contributed by atoms with E-state index in [9.17, 15) is 9.59 Å². The number of carbonyl (C=O) groups excluding carboxylic acids is 1. The molecule has 1 aliphatic heterocycles. The minimum atomic E-state index is -0.220. The van der Waals surface area contributed by atoms with Crippen LogP contribution in [0.2, 0.25) is 0 Å². The van der Waals surface area contributed by atoms with Crippen LogP contribution in [0.15, 0.2) is 34.0 Å². The second kappa shape index (κ2) is 4.68. The third kappa shape index (κ3) is 2.26. The highest BCUT2D eigenvalue weighted by molar-refractivity contribution is 5.94. The summed E-state index contributed by atoms with van der Waals surface area (Å²) >= 11 is 0. The summed E-state index contributed by atoms with van der Waals surface area (Å²) in [6.45, 7) is 1.22. The molecule has 2 aromatic rings. The van der Waals surface area contributed by atoms with Crippen molar-refractivity contribution in [2.45, 2.75) is 12.3 Å². The third-order valence-corrected chi connectivity index (χ3v) is 3.25. The average molecular weight is 260 g/mol. The van der Waals surface area contributed by atoms with Crippen molar-refractivity contribution < 1.29 is 9.32 Å². The van der Waals surface area contributed by atoms with E-state index >= 15 is 0 Å². The fourth-order valence-electron chi connectivity index (χ4n) is 2.24. The molecule has 0 unspecified atom stereocenters. The number of carbonyl (C=O) groups is 1. The highest BCUT2D eigenvalue weighted by Crippen LogP contribution is 2.25. The van der Waals surface area contributed by atoms with E-state index < -0.39 is 0 Å². The molecule has 0 aliphatic carbocycles. The van der Waals surface area contributed by atoms with Gasteiger partial charge in [0.1, 0.15) is 0 Å². The van der Waals surface area contributed by atoms with Gasteiger partial charge in [-0.25, -0.2) is 0 Å². The number of nitrogens with one attached hydrogen (secondary N) is 1. The summed E-state index contributed by atoms with van der Waals surface area (Å²) in [4.78, 5) is 31.4. The van der Waals surface area contributed by atoms with E-state index in [-0.39, 0.29) is 17.4 Å². The number of amides is 1. The maximum Gasteiger partial charge on any atom is 0.255 e. The van der Waals surface area contributed by atoms with Crippen LogP contribution in [0.5, 0.6) is 0 Å². The Morgan fingerprint density at radius 3 is 3.05 bits per heavy atom. The van der Waals surface area contributed by atoms with E-state index in [1.54, 1.807) is 4.90 Å². The Morgan fingerprint density at radius 2 is 2.37 bits per heavy atom. The summed E-state index contributed by atoms with van der Waals surface area (Å²) in [7, 11) is 0. The molecule has 0 radical (unpaired) electrons. The van der Waals surface area contributed by atoms with E-state index in [2.05, 4.69) is 15.1 Å². The van der Waals surface area contributed by atoms with Crippen LogP contribution < -0.4 is 5.56 Å². The van der Waals surface area contributed by atoms with E-state index in [0.717, 1.165) is 6.42 Å². The molecule has 1 fully saturated rings. The predicted octanol–water partition coefficient (Wildman–Crippen LogP) is 0.388. The second-order valence-electron chi connectivity index (χ2n) is 4.47. The van der Waals surface area contributed by atoms with Crippen molar-refractivity contribution in [2.75, 3.05) is 13.1 Å². The topological polar surface area (TPSA) is 92.1 Å². The maximum absolute atomic E-state index is 12.2. The van der Waals surface area contributed by atoms with Gasteiger partial charge in [0.25, 0.3) is 5.91 Å². The van der Waals surface area contributed by atoms with Gasteiger partial charge in [0, 0.05) is 31.3 Å². The molecule has 7 heteroatoms. The summed E-state index contributed by atoms with van der Waals surface area (Å²) in [6.07, 6.45) is 3.54. The second-order valence-corrected chi connectivity index (χ2v) is 4.47. The smallest absolute Gasteiger partial charge is 0.255 e. The van der Waals surface area contributed by atoms with E-state index in [1.165, 1.54) is 24.7 Å². The van der Waals surface area contributed by atoms with Gasteiger partial charge in [-0.2, -0.15) is 4.98 Å². The first-order valence-corrected chi connectivity index (χ1v) is 5.98. The first kappa shape index (κ1) is 11.6. The number of rotatable bonds is 2. The number of nitrogens with zero attached hydrogens (tertiary/aromatic N) is 3. The Kier molecular flexibility index (Phi) is 2.86. The van der Waals surface area contributed by atoms with Gasteiger partial charge < -0.3 is 14.4 Å². The Labute approximate surface area is 108 Å². The van der Waals surface area contributed by atoms with Gasteiger partial charge in [-0.1, -0.05) is 5.16 Å². The average Bonchev–Trinajstić information content (AvgIpc) is 3.10. The van der Waals surface area contributed by atoms with Crippen molar-refractivity contribution in [1.82, 2.24) is 20.0 Å². The zero-order valence-corrected chi connectivity index (χ0v) is 10.1. The van der Waals surface area contributed by atoms with E-state index in [4.69, 9.17) is 4.52 Å². The normalized spacial score (nSPS) is 18.7. The summed E-state index contributed by atoms with van der Waals surface area (Å²) in [5.74, 6) is 0.657. The lowest BCUT2D eigenvalue weighted by Gasteiger charge is -2.15. The Balaban J connectivity index is 1.72. The van der Waals surface area contributed by atoms with Crippen molar-refractivity contribution in [2.24, 2.45) is 0 Å². The van der Waals surface area contributed by atoms with Crippen LogP contribution in [0.25, 0.3) is 0 Å².